The zero-order valence-corrected chi connectivity index (χ0v) is 20.1. The van der Waals surface area contributed by atoms with Crippen molar-refractivity contribution in [3.05, 3.63) is 71.7 Å². The van der Waals surface area contributed by atoms with Gasteiger partial charge in [0.25, 0.3) is 5.91 Å². The number of β-amino-alcohol motifs (C(OH)–C–C–N with tert-alkyl or cyclic N) is 1. The molecule has 10 heteroatoms. The van der Waals surface area contributed by atoms with Crippen LogP contribution in [0.5, 0.6) is 5.75 Å². The molecule has 1 fully saturated rings. The summed E-state index contributed by atoms with van der Waals surface area (Å²) in [6.45, 7) is 3.95. The molecule has 0 radical (unpaired) electrons. The van der Waals surface area contributed by atoms with Crippen molar-refractivity contribution < 1.29 is 23.8 Å². The van der Waals surface area contributed by atoms with Crippen LogP contribution in [0.3, 0.4) is 0 Å². The first-order chi connectivity index (χ1) is 17.6. The van der Waals surface area contributed by atoms with Crippen LogP contribution in [0.25, 0.3) is 0 Å². The number of anilines is 1. The number of oxazole rings is 1. The topological polar surface area (TPSA) is 122 Å². The summed E-state index contributed by atoms with van der Waals surface area (Å²) in [5, 5.41) is 16.7. The molecule has 10 nitrogen and oxygen atoms in total. The third-order valence-electron chi connectivity index (χ3n) is 6.40. The van der Waals surface area contributed by atoms with Gasteiger partial charge >= 0.3 is 0 Å². The number of aromatic nitrogens is 2. The highest BCUT2D eigenvalue weighted by Gasteiger charge is 2.20. The Hall–Kier alpha value is -3.47. The molecule has 2 aliphatic rings. The molecule has 0 bridgehead atoms. The van der Waals surface area contributed by atoms with Gasteiger partial charge in [-0.2, -0.15) is 0 Å². The molecule has 2 atom stereocenters. The number of hydrogen-bond acceptors (Lipinski definition) is 9. The Kier molecular flexibility index (Phi) is 7.75. The van der Waals surface area contributed by atoms with Crippen molar-refractivity contribution in [3.63, 3.8) is 0 Å². The summed E-state index contributed by atoms with van der Waals surface area (Å²) in [5.41, 5.74) is 3.71. The van der Waals surface area contributed by atoms with Gasteiger partial charge in [-0.1, -0.05) is 6.07 Å². The van der Waals surface area contributed by atoms with Crippen LogP contribution in [0.4, 0.5) is 5.69 Å². The number of aliphatic hydroxyl groups is 1. The van der Waals surface area contributed by atoms with E-state index in [1.807, 2.05) is 6.07 Å². The number of carbonyl (C=O) groups is 1. The minimum atomic E-state index is -0.676. The standard InChI is InChI=1S/C26H31N5O5/c32-23(11-29-26(33)20-7-22(10-27-9-20)30-21-4-6-34-15-21)14-31-5-3-18-8-24(2-1-19(18)13-31)35-16-25-12-28-17-36-25/h1-2,7-10,12,17,21,23,30,32H,3-6,11,13-16H2,(H,29,33)/t21?,23-/m0/s1. The van der Waals surface area contributed by atoms with E-state index in [1.165, 1.54) is 23.7 Å². The molecule has 0 spiro atoms. The Morgan fingerprint density at radius 3 is 3.00 bits per heavy atom. The van der Waals surface area contributed by atoms with Crippen molar-refractivity contribution in [2.75, 3.05) is 38.2 Å². The van der Waals surface area contributed by atoms with Crippen LogP contribution in [0.1, 0.15) is 33.7 Å². The van der Waals surface area contributed by atoms with E-state index in [2.05, 4.69) is 37.6 Å². The van der Waals surface area contributed by atoms with Crippen LogP contribution in [0.2, 0.25) is 0 Å². The summed E-state index contributed by atoms with van der Waals surface area (Å²) in [4.78, 5) is 22.9. The molecule has 4 heterocycles. The number of amides is 1. The number of rotatable bonds is 10. The molecule has 2 aromatic heterocycles. The van der Waals surface area contributed by atoms with Gasteiger partial charge in [0.1, 0.15) is 12.4 Å². The number of nitrogens with zero attached hydrogens (tertiary/aromatic N) is 3. The maximum Gasteiger partial charge on any atom is 0.253 e. The molecule has 190 valence electrons. The Labute approximate surface area is 209 Å². The summed E-state index contributed by atoms with van der Waals surface area (Å²) in [7, 11) is 0. The molecule has 1 unspecified atom stereocenters. The second-order valence-corrected chi connectivity index (χ2v) is 9.20. The number of benzene rings is 1. The SMILES string of the molecule is O=C(NC[C@H](O)CN1CCc2cc(OCc3cnco3)ccc2C1)c1cncc(NC2CCOC2)c1. The Balaban J connectivity index is 1.07. The molecule has 0 saturated carbocycles. The van der Waals surface area contributed by atoms with Crippen LogP contribution in [-0.2, 0) is 24.3 Å². The third-order valence-corrected chi connectivity index (χ3v) is 6.40. The Bertz CT molecular complexity index is 1150. The van der Waals surface area contributed by atoms with Gasteiger partial charge in [-0.25, -0.2) is 4.98 Å². The van der Waals surface area contributed by atoms with Crippen molar-refractivity contribution in [2.24, 2.45) is 0 Å². The first-order valence-corrected chi connectivity index (χ1v) is 12.2. The van der Waals surface area contributed by atoms with Gasteiger partial charge in [0.15, 0.2) is 12.2 Å². The lowest BCUT2D eigenvalue weighted by Crippen LogP contribution is -2.42. The van der Waals surface area contributed by atoms with E-state index in [4.69, 9.17) is 13.9 Å². The normalized spacial score (nSPS) is 18.4. The van der Waals surface area contributed by atoms with Gasteiger partial charge in [-0.15, -0.1) is 0 Å². The summed E-state index contributed by atoms with van der Waals surface area (Å²) in [6.07, 6.45) is 7.38. The zero-order valence-electron chi connectivity index (χ0n) is 20.1. The minimum Gasteiger partial charge on any atom is -0.486 e. The quantitative estimate of drug-likeness (QED) is 0.389. The van der Waals surface area contributed by atoms with Crippen LogP contribution in [0.15, 0.2) is 53.7 Å². The lowest BCUT2D eigenvalue weighted by atomic mass is 9.99. The van der Waals surface area contributed by atoms with Gasteiger partial charge < -0.3 is 29.6 Å². The van der Waals surface area contributed by atoms with Crippen molar-refractivity contribution >= 4 is 11.6 Å². The summed E-state index contributed by atoms with van der Waals surface area (Å²) >= 11 is 0. The van der Waals surface area contributed by atoms with E-state index in [-0.39, 0.29) is 18.5 Å². The molecule has 1 saturated heterocycles. The number of pyridine rings is 1. The summed E-state index contributed by atoms with van der Waals surface area (Å²) in [6, 6.07) is 8.09. The smallest absolute Gasteiger partial charge is 0.253 e. The average molecular weight is 494 g/mol. The van der Waals surface area contributed by atoms with Crippen LogP contribution >= 0.6 is 0 Å². The van der Waals surface area contributed by atoms with E-state index < -0.39 is 6.10 Å². The molecule has 5 rings (SSSR count). The van der Waals surface area contributed by atoms with E-state index in [0.29, 0.717) is 31.1 Å². The van der Waals surface area contributed by atoms with E-state index >= 15 is 0 Å². The number of ether oxygens (including phenoxy) is 2. The molecule has 2 aliphatic heterocycles. The van der Waals surface area contributed by atoms with E-state index in [0.717, 1.165) is 44.0 Å². The Morgan fingerprint density at radius 1 is 1.22 bits per heavy atom. The van der Waals surface area contributed by atoms with E-state index in [1.54, 1.807) is 18.5 Å². The number of carbonyl (C=O) groups excluding carboxylic acids is 1. The molecular weight excluding hydrogens is 462 g/mol. The second kappa shape index (κ2) is 11.5. The first kappa shape index (κ1) is 24.2. The van der Waals surface area contributed by atoms with Crippen LogP contribution < -0.4 is 15.4 Å². The second-order valence-electron chi connectivity index (χ2n) is 9.20. The van der Waals surface area contributed by atoms with Crippen LogP contribution in [0, 0.1) is 0 Å². The lowest BCUT2D eigenvalue weighted by Gasteiger charge is -2.30. The van der Waals surface area contributed by atoms with Gasteiger partial charge in [-0.3, -0.25) is 14.7 Å². The van der Waals surface area contributed by atoms with Gasteiger partial charge in [-0.05, 0) is 42.2 Å². The van der Waals surface area contributed by atoms with Crippen molar-refractivity contribution in [3.8, 4) is 5.75 Å². The highest BCUT2D eigenvalue weighted by Crippen LogP contribution is 2.24. The predicted octanol–water partition coefficient (Wildman–Crippen LogP) is 2.00. The fourth-order valence-electron chi connectivity index (χ4n) is 4.50. The van der Waals surface area contributed by atoms with Crippen LogP contribution in [-0.4, -0.2) is 70.9 Å². The molecule has 36 heavy (non-hydrogen) atoms. The predicted molar refractivity (Wildman–Crippen MR) is 132 cm³/mol. The van der Waals surface area contributed by atoms with Crippen molar-refractivity contribution in [1.29, 1.82) is 0 Å². The van der Waals surface area contributed by atoms with Gasteiger partial charge in [0, 0.05) is 45.2 Å². The van der Waals surface area contributed by atoms with Gasteiger partial charge in [0.05, 0.1) is 36.2 Å². The number of nitrogens with one attached hydrogen (secondary N) is 2. The average Bonchev–Trinajstić information content (AvgIpc) is 3.61. The largest absolute Gasteiger partial charge is 0.486 e. The van der Waals surface area contributed by atoms with Crippen molar-refractivity contribution in [2.45, 2.75) is 38.1 Å². The molecule has 3 aromatic rings. The van der Waals surface area contributed by atoms with Crippen molar-refractivity contribution in [1.82, 2.24) is 20.2 Å². The monoisotopic (exact) mass is 493 g/mol. The minimum absolute atomic E-state index is 0.171. The maximum atomic E-state index is 12.6. The molecule has 1 aromatic carbocycles. The number of hydrogen-bond donors (Lipinski definition) is 3. The third kappa shape index (κ3) is 6.39. The zero-order chi connectivity index (χ0) is 24.7. The lowest BCUT2D eigenvalue weighted by molar-refractivity contribution is 0.0841. The molecular formula is C26H31N5O5. The number of aliphatic hydroxyl groups excluding tert-OH is 1. The molecule has 3 N–H and O–H groups in total. The van der Waals surface area contributed by atoms with E-state index in [9.17, 15) is 9.90 Å². The summed E-state index contributed by atoms with van der Waals surface area (Å²) in [5.74, 6) is 1.22. The maximum absolute atomic E-state index is 12.6. The number of fused-ring (bicyclic) bond motifs is 1. The fraction of sp³-hybridized carbons (Fsp3) is 0.423. The molecule has 1 amide bonds. The first-order valence-electron chi connectivity index (χ1n) is 12.2. The van der Waals surface area contributed by atoms with Gasteiger partial charge in [0.2, 0.25) is 0 Å². The highest BCUT2D eigenvalue weighted by atomic mass is 16.5. The molecule has 0 aliphatic carbocycles. The Morgan fingerprint density at radius 2 is 2.17 bits per heavy atom. The fourth-order valence-corrected chi connectivity index (χ4v) is 4.50. The summed E-state index contributed by atoms with van der Waals surface area (Å²) < 4.78 is 16.4. The highest BCUT2D eigenvalue weighted by molar-refractivity contribution is 5.94.